The van der Waals surface area contributed by atoms with Crippen LogP contribution < -0.4 is 4.90 Å². The molecule has 126 valence electrons. The molecular weight excluding hydrogens is 299 g/mol. The van der Waals surface area contributed by atoms with E-state index in [4.69, 9.17) is 0 Å². The summed E-state index contributed by atoms with van der Waals surface area (Å²) in [6.45, 7) is 6.14. The Kier molecular flexibility index (Phi) is 5.55. The first-order chi connectivity index (χ1) is 10.8. The minimum atomic E-state index is -4.32. The Hall–Kier alpha value is -1.71. The number of hydrogen-bond acceptors (Lipinski definition) is 1. The topological polar surface area (TPSA) is 3.24 Å². The number of nitrogens with zero attached hydrogens (tertiary/aromatic N) is 1. The first-order valence-corrected chi connectivity index (χ1v) is 8.19. The molecule has 0 fully saturated rings. The van der Waals surface area contributed by atoms with Crippen LogP contribution in [-0.2, 0) is 6.18 Å². The molecule has 2 rings (SSSR count). The van der Waals surface area contributed by atoms with Gasteiger partial charge in [0.1, 0.15) is 0 Å². The molecule has 0 N–H and O–H groups in total. The van der Waals surface area contributed by atoms with Crippen LogP contribution in [0.5, 0.6) is 0 Å². The van der Waals surface area contributed by atoms with Crippen LogP contribution in [0.15, 0.2) is 36.6 Å². The van der Waals surface area contributed by atoms with Crippen molar-refractivity contribution >= 4 is 11.3 Å². The van der Waals surface area contributed by atoms with Crippen molar-refractivity contribution in [1.82, 2.24) is 0 Å². The van der Waals surface area contributed by atoms with E-state index in [9.17, 15) is 13.2 Å². The number of fused-ring (bicyclic) bond motifs is 1. The highest BCUT2D eigenvalue weighted by molar-refractivity contribution is 5.86. The normalized spacial score (nSPS) is 14.7. The summed E-state index contributed by atoms with van der Waals surface area (Å²) in [5.74, 6) is 0. The Morgan fingerprint density at radius 2 is 1.78 bits per heavy atom. The van der Waals surface area contributed by atoms with Gasteiger partial charge in [-0.25, -0.2) is 0 Å². The van der Waals surface area contributed by atoms with Crippen LogP contribution in [0, 0.1) is 0 Å². The molecule has 0 saturated carbocycles. The molecule has 4 heteroatoms. The smallest absolute Gasteiger partial charge is 0.348 e. The van der Waals surface area contributed by atoms with E-state index in [2.05, 4.69) is 13.5 Å². The number of unbranched alkanes of at least 4 members (excludes halogenated alkanes) is 4. The third-order valence-corrected chi connectivity index (χ3v) is 4.34. The SMILES string of the molecule is C=C1C=C(CCCCCCC)N(C)c2ccc(C(F)(F)F)cc21. The fourth-order valence-corrected chi connectivity index (χ4v) is 2.94. The lowest BCUT2D eigenvalue weighted by Crippen LogP contribution is -2.21. The van der Waals surface area contributed by atoms with Crippen molar-refractivity contribution in [1.29, 1.82) is 0 Å². The van der Waals surface area contributed by atoms with Gasteiger partial charge in [-0.05, 0) is 42.7 Å². The molecule has 0 spiro atoms. The largest absolute Gasteiger partial charge is 0.416 e. The monoisotopic (exact) mass is 323 g/mol. The molecule has 0 aromatic heterocycles. The van der Waals surface area contributed by atoms with Gasteiger partial charge in [-0.3, -0.25) is 0 Å². The van der Waals surface area contributed by atoms with Crippen molar-refractivity contribution in [2.24, 2.45) is 0 Å². The van der Waals surface area contributed by atoms with Gasteiger partial charge >= 0.3 is 6.18 Å². The van der Waals surface area contributed by atoms with Crippen molar-refractivity contribution in [3.63, 3.8) is 0 Å². The predicted octanol–water partition coefficient (Wildman–Crippen LogP) is 6.41. The molecule has 0 radical (unpaired) electrons. The Morgan fingerprint density at radius 1 is 1.09 bits per heavy atom. The summed E-state index contributed by atoms with van der Waals surface area (Å²) in [6, 6.07) is 3.89. The van der Waals surface area contributed by atoms with Crippen molar-refractivity contribution in [3.8, 4) is 0 Å². The van der Waals surface area contributed by atoms with Crippen LogP contribution in [0.1, 0.15) is 56.6 Å². The van der Waals surface area contributed by atoms with Gasteiger partial charge in [0.25, 0.3) is 0 Å². The van der Waals surface area contributed by atoms with Gasteiger partial charge in [0.05, 0.1) is 5.56 Å². The predicted molar refractivity (Wildman–Crippen MR) is 90.3 cm³/mol. The van der Waals surface area contributed by atoms with Crippen molar-refractivity contribution < 1.29 is 13.2 Å². The second-order valence-electron chi connectivity index (χ2n) is 6.11. The van der Waals surface area contributed by atoms with Crippen LogP contribution in [-0.4, -0.2) is 7.05 Å². The lowest BCUT2D eigenvalue weighted by Gasteiger charge is -2.30. The van der Waals surface area contributed by atoms with Gasteiger partial charge in [0, 0.05) is 24.0 Å². The maximum atomic E-state index is 12.9. The number of rotatable bonds is 6. The number of allylic oxidation sites excluding steroid dienone is 3. The fourth-order valence-electron chi connectivity index (χ4n) is 2.94. The zero-order chi connectivity index (χ0) is 17.0. The van der Waals surface area contributed by atoms with E-state index in [0.29, 0.717) is 11.1 Å². The lowest BCUT2D eigenvalue weighted by molar-refractivity contribution is -0.137. The molecule has 1 aromatic rings. The van der Waals surface area contributed by atoms with E-state index in [0.717, 1.165) is 30.3 Å². The van der Waals surface area contributed by atoms with Crippen LogP contribution in [0.2, 0.25) is 0 Å². The van der Waals surface area contributed by atoms with Crippen LogP contribution in [0.25, 0.3) is 5.57 Å². The first kappa shape index (κ1) is 17.6. The molecule has 0 aliphatic carbocycles. The van der Waals surface area contributed by atoms with Gasteiger partial charge in [-0.2, -0.15) is 13.2 Å². The fraction of sp³-hybridized carbons (Fsp3) is 0.474. The van der Waals surface area contributed by atoms with Gasteiger partial charge in [0.2, 0.25) is 0 Å². The number of alkyl halides is 3. The first-order valence-electron chi connectivity index (χ1n) is 8.19. The van der Waals surface area contributed by atoms with Crippen LogP contribution in [0.4, 0.5) is 18.9 Å². The Labute approximate surface area is 136 Å². The van der Waals surface area contributed by atoms with E-state index in [-0.39, 0.29) is 0 Å². The molecular formula is C19H24F3N. The van der Waals surface area contributed by atoms with E-state index in [1.807, 2.05) is 18.0 Å². The number of anilines is 1. The molecule has 1 heterocycles. The number of halogens is 3. The van der Waals surface area contributed by atoms with Crippen molar-refractivity contribution in [2.45, 2.75) is 51.6 Å². The number of hydrogen-bond donors (Lipinski definition) is 0. The standard InChI is InChI=1S/C19H24F3N/c1-4-5-6-7-8-9-16-12-14(2)17-13-15(19(20,21)22)10-11-18(17)23(16)3/h10-13H,2,4-9H2,1,3H3. The third-order valence-electron chi connectivity index (χ3n) is 4.34. The van der Waals surface area contributed by atoms with Gasteiger partial charge in [-0.15, -0.1) is 0 Å². The second kappa shape index (κ2) is 7.24. The molecule has 1 nitrogen and oxygen atoms in total. The maximum Gasteiger partial charge on any atom is 0.416 e. The summed E-state index contributed by atoms with van der Waals surface area (Å²) in [7, 11) is 1.91. The van der Waals surface area contributed by atoms with E-state index in [1.54, 1.807) is 6.07 Å². The molecule has 1 aromatic carbocycles. The minimum absolute atomic E-state index is 0.567. The summed E-state index contributed by atoms with van der Waals surface area (Å²) >= 11 is 0. The molecule has 1 aliphatic heterocycles. The van der Waals surface area contributed by atoms with Gasteiger partial charge in [-0.1, -0.05) is 39.2 Å². The quantitative estimate of drug-likeness (QED) is 0.546. The maximum absolute atomic E-state index is 12.9. The zero-order valence-corrected chi connectivity index (χ0v) is 13.8. The van der Waals surface area contributed by atoms with Gasteiger partial charge < -0.3 is 4.90 Å². The second-order valence-corrected chi connectivity index (χ2v) is 6.11. The van der Waals surface area contributed by atoms with Gasteiger partial charge in [0.15, 0.2) is 0 Å². The van der Waals surface area contributed by atoms with Crippen molar-refractivity contribution in [2.75, 3.05) is 11.9 Å². The third kappa shape index (κ3) is 4.18. The summed E-state index contributed by atoms with van der Waals surface area (Å²) in [5.41, 5.74) is 2.53. The highest BCUT2D eigenvalue weighted by Gasteiger charge is 2.32. The molecule has 0 atom stereocenters. The number of benzene rings is 1. The highest BCUT2D eigenvalue weighted by Crippen LogP contribution is 2.39. The molecule has 1 aliphatic rings. The molecule has 23 heavy (non-hydrogen) atoms. The minimum Gasteiger partial charge on any atom is -0.348 e. The lowest BCUT2D eigenvalue weighted by atomic mass is 9.95. The van der Waals surface area contributed by atoms with Crippen LogP contribution >= 0.6 is 0 Å². The molecule has 0 saturated heterocycles. The molecule has 0 unspecified atom stereocenters. The average molecular weight is 323 g/mol. The average Bonchev–Trinajstić information content (AvgIpc) is 2.50. The van der Waals surface area contributed by atoms with E-state index in [1.165, 1.54) is 31.7 Å². The van der Waals surface area contributed by atoms with Crippen LogP contribution in [0.3, 0.4) is 0 Å². The summed E-state index contributed by atoms with van der Waals surface area (Å²) in [6.07, 6.45) is 4.52. The Morgan fingerprint density at radius 3 is 2.43 bits per heavy atom. The zero-order valence-electron chi connectivity index (χ0n) is 13.8. The Balaban J connectivity index is 2.12. The molecule has 0 bridgehead atoms. The molecule has 0 amide bonds. The highest BCUT2D eigenvalue weighted by atomic mass is 19.4. The Bertz CT molecular complexity index is 599. The summed E-state index contributed by atoms with van der Waals surface area (Å²) in [4.78, 5) is 1.99. The van der Waals surface area contributed by atoms with E-state index < -0.39 is 11.7 Å². The summed E-state index contributed by atoms with van der Waals surface area (Å²) < 4.78 is 38.6. The van der Waals surface area contributed by atoms with Crippen molar-refractivity contribution in [3.05, 3.63) is 47.7 Å². The summed E-state index contributed by atoms with van der Waals surface area (Å²) in [5, 5.41) is 0. The van der Waals surface area contributed by atoms with E-state index >= 15 is 0 Å².